The number of ether oxygens (including phenoxy) is 2. The van der Waals surface area contributed by atoms with Crippen LogP contribution in [0.25, 0.3) is 21.0 Å². The van der Waals surface area contributed by atoms with E-state index in [9.17, 15) is 15.0 Å². The number of aryl methyl sites for hydroxylation is 1. The maximum atomic E-state index is 11.8. The molecule has 4 aromatic rings. The fourth-order valence-electron chi connectivity index (χ4n) is 4.27. The highest BCUT2D eigenvalue weighted by Gasteiger charge is 2.23. The number of carboxylic acid groups (broad SMARTS) is 1. The van der Waals surface area contributed by atoms with Crippen molar-refractivity contribution in [3.8, 4) is 32.5 Å². The van der Waals surface area contributed by atoms with Crippen molar-refractivity contribution in [1.29, 1.82) is 0 Å². The van der Waals surface area contributed by atoms with Crippen LogP contribution in [0, 0.1) is 0 Å². The molecule has 5 rings (SSSR count). The van der Waals surface area contributed by atoms with E-state index in [1.165, 1.54) is 11.3 Å². The van der Waals surface area contributed by atoms with E-state index in [2.05, 4.69) is 10.3 Å². The summed E-state index contributed by atoms with van der Waals surface area (Å²) in [6, 6.07) is 24.8. The SMILES string of the molecule is O=C(O)c1nc(-c2ccc3c(c2)CC[C@H](CNC[C@H](O)COc2ccccc2)O3)sc1-c1ccccc1. The van der Waals surface area contributed by atoms with Crippen LogP contribution in [0.3, 0.4) is 0 Å². The van der Waals surface area contributed by atoms with E-state index < -0.39 is 12.1 Å². The van der Waals surface area contributed by atoms with E-state index in [0.29, 0.717) is 23.0 Å². The Kier molecular flexibility index (Phi) is 7.79. The number of thiazole rings is 1. The lowest BCUT2D eigenvalue weighted by Gasteiger charge is -2.27. The summed E-state index contributed by atoms with van der Waals surface area (Å²) in [5.41, 5.74) is 2.88. The Hall–Kier alpha value is -3.72. The molecule has 7 nitrogen and oxygen atoms in total. The molecule has 1 aliphatic rings. The summed E-state index contributed by atoms with van der Waals surface area (Å²) in [6.45, 7) is 1.26. The molecule has 3 N–H and O–H groups in total. The van der Waals surface area contributed by atoms with Crippen molar-refractivity contribution in [3.63, 3.8) is 0 Å². The standard InChI is InChI=1S/C29H28N2O5S/c32-22(18-35-23-9-5-2-6-10-23)16-30-17-24-13-11-20-15-21(12-14-25(20)36-24)28-31-26(29(33)34)27(37-28)19-7-3-1-4-8-19/h1-10,12,14-15,22,24,30,32H,11,13,16-18H2,(H,33,34)/t22-,24+/m0/s1. The lowest BCUT2D eigenvalue weighted by Crippen LogP contribution is -2.39. The second-order valence-electron chi connectivity index (χ2n) is 8.91. The Morgan fingerprint density at radius 1 is 1.08 bits per heavy atom. The first-order valence-electron chi connectivity index (χ1n) is 12.2. The number of carboxylic acids is 1. The van der Waals surface area contributed by atoms with Crippen LogP contribution in [0.15, 0.2) is 78.9 Å². The summed E-state index contributed by atoms with van der Waals surface area (Å²) in [4.78, 5) is 16.9. The van der Waals surface area contributed by atoms with Gasteiger partial charge in [0.05, 0.1) is 4.88 Å². The monoisotopic (exact) mass is 516 g/mol. The van der Waals surface area contributed by atoms with Crippen molar-refractivity contribution in [1.82, 2.24) is 10.3 Å². The van der Waals surface area contributed by atoms with Crippen LogP contribution < -0.4 is 14.8 Å². The molecule has 0 saturated carbocycles. The number of hydrogen-bond donors (Lipinski definition) is 3. The highest BCUT2D eigenvalue weighted by atomic mass is 32.1. The number of aromatic nitrogens is 1. The van der Waals surface area contributed by atoms with Crippen LogP contribution in [0.4, 0.5) is 0 Å². The topological polar surface area (TPSA) is 101 Å². The number of para-hydroxylation sites is 1. The van der Waals surface area contributed by atoms with Crippen LogP contribution in [0.2, 0.25) is 0 Å². The summed E-state index contributed by atoms with van der Waals surface area (Å²) in [5, 5.41) is 23.8. The number of rotatable bonds is 10. The zero-order valence-corrected chi connectivity index (χ0v) is 21.0. The fraction of sp³-hybridized carbons (Fsp3) is 0.241. The molecule has 0 fully saturated rings. The van der Waals surface area contributed by atoms with Gasteiger partial charge in [0.25, 0.3) is 0 Å². The number of benzene rings is 3. The molecule has 0 aliphatic carbocycles. The Bertz CT molecular complexity index is 1340. The summed E-state index contributed by atoms with van der Waals surface area (Å²) in [5.74, 6) is 0.532. The van der Waals surface area contributed by atoms with Crippen molar-refractivity contribution in [2.24, 2.45) is 0 Å². The van der Waals surface area contributed by atoms with Gasteiger partial charge >= 0.3 is 5.97 Å². The minimum Gasteiger partial charge on any atom is -0.491 e. The lowest BCUT2D eigenvalue weighted by atomic mass is 10.00. The third kappa shape index (κ3) is 6.17. The van der Waals surface area contributed by atoms with Gasteiger partial charge in [-0.2, -0.15) is 0 Å². The number of aliphatic hydroxyl groups is 1. The van der Waals surface area contributed by atoms with Gasteiger partial charge in [-0.15, -0.1) is 11.3 Å². The maximum Gasteiger partial charge on any atom is 0.356 e. The minimum atomic E-state index is -1.03. The average Bonchev–Trinajstić information content (AvgIpc) is 3.39. The molecule has 8 heteroatoms. The van der Waals surface area contributed by atoms with Crippen molar-refractivity contribution in [2.45, 2.75) is 25.0 Å². The zero-order valence-electron chi connectivity index (χ0n) is 20.2. The van der Waals surface area contributed by atoms with Gasteiger partial charge in [-0.1, -0.05) is 48.5 Å². The molecule has 37 heavy (non-hydrogen) atoms. The van der Waals surface area contributed by atoms with E-state index in [0.717, 1.165) is 41.0 Å². The Morgan fingerprint density at radius 3 is 2.59 bits per heavy atom. The molecule has 0 saturated heterocycles. The van der Waals surface area contributed by atoms with Crippen molar-refractivity contribution in [2.75, 3.05) is 19.7 Å². The average molecular weight is 517 g/mol. The van der Waals surface area contributed by atoms with Gasteiger partial charge in [-0.25, -0.2) is 9.78 Å². The molecule has 3 aromatic carbocycles. The summed E-state index contributed by atoms with van der Waals surface area (Å²) < 4.78 is 11.8. The molecule has 0 bridgehead atoms. The highest BCUT2D eigenvalue weighted by molar-refractivity contribution is 7.18. The number of aliphatic hydroxyl groups excluding tert-OH is 1. The summed E-state index contributed by atoms with van der Waals surface area (Å²) in [7, 11) is 0. The number of nitrogens with zero attached hydrogens (tertiary/aromatic N) is 1. The van der Waals surface area contributed by atoms with Crippen molar-refractivity contribution in [3.05, 3.63) is 90.1 Å². The predicted octanol–water partition coefficient (Wildman–Crippen LogP) is 4.90. The molecule has 2 heterocycles. The lowest BCUT2D eigenvalue weighted by molar-refractivity contribution is 0.0692. The summed E-state index contributed by atoms with van der Waals surface area (Å²) in [6.07, 6.45) is 1.07. The third-order valence-electron chi connectivity index (χ3n) is 6.14. The molecule has 1 aromatic heterocycles. The minimum absolute atomic E-state index is 0.00347. The Morgan fingerprint density at radius 2 is 1.84 bits per heavy atom. The van der Waals surface area contributed by atoms with E-state index in [-0.39, 0.29) is 18.4 Å². The molecule has 1 aliphatic heterocycles. The normalized spacial score (nSPS) is 15.4. The Balaban J connectivity index is 1.18. The van der Waals surface area contributed by atoms with E-state index in [1.807, 2.05) is 78.9 Å². The first-order chi connectivity index (χ1) is 18.1. The van der Waals surface area contributed by atoms with Crippen molar-refractivity contribution < 1.29 is 24.5 Å². The molecule has 0 amide bonds. The van der Waals surface area contributed by atoms with Crippen LogP contribution in [-0.2, 0) is 6.42 Å². The zero-order chi connectivity index (χ0) is 25.6. The Labute approximate surface area is 219 Å². The molecule has 0 radical (unpaired) electrons. The number of hydrogen-bond acceptors (Lipinski definition) is 7. The van der Waals surface area contributed by atoms with Gasteiger partial charge < -0.3 is 25.0 Å². The highest BCUT2D eigenvalue weighted by Crippen LogP contribution is 2.38. The predicted molar refractivity (Wildman–Crippen MR) is 143 cm³/mol. The van der Waals surface area contributed by atoms with Crippen LogP contribution in [0.5, 0.6) is 11.5 Å². The molecule has 0 spiro atoms. The number of carbonyl (C=O) groups is 1. The third-order valence-corrected chi connectivity index (χ3v) is 7.29. The summed E-state index contributed by atoms with van der Waals surface area (Å²) >= 11 is 1.38. The van der Waals surface area contributed by atoms with Gasteiger partial charge in [-0.3, -0.25) is 0 Å². The largest absolute Gasteiger partial charge is 0.491 e. The second kappa shape index (κ2) is 11.6. The van der Waals surface area contributed by atoms with Gasteiger partial charge in [0.1, 0.15) is 35.3 Å². The van der Waals surface area contributed by atoms with Crippen molar-refractivity contribution >= 4 is 17.3 Å². The van der Waals surface area contributed by atoms with Gasteiger partial charge in [0.2, 0.25) is 0 Å². The number of nitrogens with one attached hydrogen (secondary N) is 1. The van der Waals surface area contributed by atoms with Crippen LogP contribution in [-0.4, -0.2) is 53.1 Å². The number of aromatic carboxylic acids is 1. The molecular weight excluding hydrogens is 488 g/mol. The quantitative estimate of drug-likeness (QED) is 0.276. The van der Waals surface area contributed by atoms with Gasteiger partial charge in [-0.05, 0) is 54.3 Å². The molecule has 2 atom stereocenters. The first kappa shape index (κ1) is 25.0. The molecular formula is C29H28N2O5S. The van der Waals surface area contributed by atoms with Gasteiger partial charge in [0, 0.05) is 18.7 Å². The second-order valence-corrected chi connectivity index (χ2v) is 9.90. The maximum absolute atomic E-state index is 11.8. The molecule has 190 valence electrons. The van der Waals surface area contributed by atoms with Gasteiger partial charge in [0.15, 0.2) is 5.69 Å². The first-order valence-corrected chi connectivity index (χ1v) is 13.0. The van der Waals surface area contributed by atoms with Crippen LogP contribution >= 0.6 is 11.3 Å². The van der Waals surface area contributed by atoms with E-state index in [4.69, 9.17) is 9.47 Å². The fourth-order valence-corrected chi connectivity index (χ4v) is 5.33. The van der Waals surface area contributed by atoms with Crippen LogP contribution in [0.1, 0.15) is 22.5 Å². The number of fused-ring (bicyclic) bond motifs is 1. The molecule has 0 unspecified atom stereocenters. The van der Waals surface area contributed by atoms with E-state index in [1.54, 1.807) is 0 Å². The smallest absolute Gasteiger partial charge is 0.356 e. The van der Waals surface area contributed by atoms with E-state index >= 15 is 0 Å².